The molecule has 2 aliphatic rings. The van der Waals surface area contributed by atoms with Crippen LogP contribution in [0.15, 0.2) is 42.5 Å². The van der Waals surface area contributed by atoms with Gasteiger partial charge in [-0.3, -0.25) is 4.79 Å². The summed E-state index contributed by atoms with van der Waals surface area (Å²) in [5.41, 5.74) is 11.7. The summed E-state index contributed by atoms with van der Waals surface area (Å²) in [4.78, 5) is 11.6. The number of nitrogens with one attached hydrogen (secondary N) is 1. The summed E-state index contributed by atoms with van der Waals surface area (Å²) >= 11 is 0. The smallest absolute Gasteiger partial charge is 0.249 e. The molecule has 0 fully saturated rings. The van der Waals surface area contributed by atoms with E-state index in [1.165, 1.54) is 11.1 Å². The fraction of sp³-hybridized carbons (Fsp3) is 0.0625. The number of amides is 1. The van der Waals surface area contributed by atoms with Gasteiger partial charge in [0.05, 0.1) is 6.04 Å². The second-order valence-electron chi connectivity index (χ2n) is 4.90. The van der Waals surface area contributed by atoms with Crippen LogP contribution < -0.4 is 11.1 Å². The van der Waals surface area contributed by atoms with Crippen molar-refractivity contribution in [3.05, 3.63) is 70.3 Å². The molecule has 2 aromatic carbocycles. The zero-order chi connectivity index (χ0) is 13.0. The Kier molecular flexibility index (Phi) is 1.90. The molecule has 3 nitrogen and oxygen atoms in total. The summed E-state index contributed by atoms with van der Waals surface area (Å²) < 4.78 is 0. The standard InChI is InChI=1S/C16H12N2O/c17-16(19)12-7-3-6-11-13(12)8-14-9-4-1-2-5-10(9)15(11)18-14/h1-8,15,18H,(H2,17,19). The first-order valence-corrected chi connectivity index (χ1v) is 6.26. The van der Waals surface area contributed by atoms with Crippen molar-refractivity contribution in [2.24, 2.45) is 5.73 Å². The Bertz CT molecular complexity index is 746. The van der Waals surface area contributed by atoms with Gasteiger partial charge < -0.3 is 11.1 Å². The van der Waals surface area contributed by atoms with Crippen LogP contribution in [0.4, 0.5) is 0 Å². The van der Waals surface area contributed by atoms with Gasteiger partial charge in [-0.05, 0) is 28.8 Å². The highest BCUT2D eigenvalue weighted by Gasteiger charge is 2.32. The molecule has 2 aliphatic heterocycles. The van der Waals surface area contributed by atoms with Crippen molar-refractivity contribution < 1.29 is 4.79 Å². The Morgan fingerprint density at radius 1 is 1.05 bits per heavy atom. The molecule has 4 rings (SSSR count). The molecule has 1 atom stereocenters. The highest BCUT2D eigenvalue weighted by atomic mass is 16.1. The van der Waals surface area contributed by atoms with E-state index in [1.807, 2.05) is 24.3 Å². The average Bonchev–Trinajstić information content (AvgIpc) is 2.73. The minimum Gasteiger partial charge on any atom is -0.374 e. The van der Waals surface area contributed by atoms with Gasteiger partial charge in [0.15, 0.2) is 0 Å². The largest absolute Gasteiger partial charge is 0.374 e. The number of carbonyl (C=O) groups is 1. The molecule has 0 aromatic heterocycles. The third-order valence-electron chi connectivity index (χ3n) is 3.87. The number of fused-ring (bicyclic) bond motifs is 7. The summed E-state index contributed by atoms with van der Waals surface area (Å²) in [5, 5.41) is 3.49. The van der Waals surface area contributed by atoms with Crippen LogP contribution >= 0.6 is 0 Å². The Morgan fingerprint density at radius 2 is 1.84 bits per heavy atom. The average molecular weight is 248 g/mol. The highest BCUT2D eigenvalue weighted by Crippen LogP contribution is 2.43. The summed E-state index contributed by atoms with van der Waals surface area (Å²) in [6, 6.07) is 14.2. The molecule has 3 N–H and O–H groups in total. The number of hydrogen-bond donors (Lipinski definition) is 2. The molecule has 1 amide bonds. The summed E-state index contributed by atoms with van der Waals surface area (Å²) in [5.74, 6) is -0.376. The summed E-state index contributed by atoms with van der Waals surface area (Å²) in [7, 11) is 0. The Morgan fingerprint density at radius 3 is 2.68 bits per heavy atom. The lowest BCUT2D eigenvalue weighted by molar-refractivity contribution is 0.1000. The van der Waals surface area contributed by atoms with E-state index in [4.69, 9.17) is 5.73 Å². The van der Waals surface area contributed by atoms with Crippen molar-refractivity contribution in [1.29, 1.82) is 0 Å². The molecule has 2 aromatic rings. The lowest BCUT2D eigenvalue weighted by atomic mass is 9.92. The topological polar surface area (TPSA) is 55.1 Å². The number of hydrogen-bond acceptors (Lipinski definition) is 2. The molecule has 0 aliphatic carbocycles. The molecule has 3 heteroatoms. The van der Waals surface area contributed by atoms with E-state index in [2.05, 4.69) is 23.5 Å². The maximum Gasteiger partial charge on any atom is 0.249 e. The van der Waals surface area contributed by atoms with Crippen LogP contribution in [-0.4, -0.2) is 5.91 Å². The Balaban J connectivity index is 2.03. The zero-order valence-corrected chi connectivity index (χ0v) is 10.2. The summed E-state index contributed by atoms with van der Waals surface area (Å²) in [6.45, 7) is 0. The van der Waals surface area contributed by atoms with Gasteiger partial charge in [-0.2, -0.15) is 0 Å². The van der Waals surface area contributed by atoms with Crippen molar-refractivity contribution >= 4 is 17.7 Å². The van der Waals surface area contributed by atoms with Gasteiger partial charge in [0.2, 0.25) is 5.91 Å². The summed E-state index contributed by atoms with van der Waals surface area (Å²) in [6.07, 6.45) is 2.03. The van der Waals surface area contributed by atoms with Crippen LogP contribution in [0.2, 0.25) is 0 Å². The van der Waals surface area contributed by atoms with E-state index in [1.54, 1.807) is 6.07 Å². The quantitative estimate of drug-likeness (QED) is 0.813. The molecule has 92 valence electrons. The fourth-order valence-corrected chi connectivity index (χ4v) is 3.02. The number of primary amides is 1. The number of nitrogens with two attached hydrogens (primary N) is 1. The number of rotatable bonds is 1. The van der Waals surface area contributed by atoms with E-state index in [0.29, 0.717) is 5.56 Å². The minimum atomic E-state index is -0.376. The number of carbonyl (C=O) groups excluding carboxylic acids is 1. The van der Waals surface area contributed by atoms with Gasteiger partial charge >= 0.3 is 0 Å². The van der Waals surface area contributed by atoms with Crippen LogP contribution in [0.5, 0.6) is 0 Å². The first-order chi connectivity index (χ1) is 9.25. The van der Waals surface area contributed by atoms with Crippen LogP contribution in [-0.2, 0) is 0 Å². The predicted octanol–water partition coefficient (Wildman–Crippen LogP) is 2.29. The lowest BCUT2D eigenvalue weighted by Gasteiger charge is -2.21. The molecule has 19 heavy (non-hydrogen) atoms. The second kappa shape index (κ2) is 3.48. The van der Waals surface area contributed by atoms with Gasteiger partial charge in [0, 0.05) is 16.8 Å². The van der Waals surface area contributed by atoms with Crippen molar-refractivity contribution in [3.63, 3.8) is 0 Å². The lowest BCUT2D eigenvalue weighted by Crippen LogP contribution is -2.21. The SMILES string of the molecule is NC(=O)c1cccc2c1C=C1NC2c2ccccc21. The zero-order valence-electron chi connectivity index (χ0n) is 10.2. The van der Waals surface area contributed by atoms with E-state index in [9.17, 15) is 4.79 Å². The molecule has 0 spiro atoms. The highest BCUT2D eigenvalue weighted by molar-refractivity contribution is 6.01. The molecule has 0 radical (unpaired) electrons. The molecular formula is C16H12N2O. The molecule has 2 heterocycles. The maximum absolute atomic E-state index is 11.6. The van der Waals surface area contributed by atoms with E-state index >= 15 is 0 Å². The van der Waals surface area contributed by atoms with Crippen molar-refractivity contribution in [2.45, 2.75) is 6.04 Å². The molecule has 0 saturated carbocycles. The minimum absolute atomic E-state index is 0.130. The molecular weight excluding hydrogens is 236 g/mol. The molecule has 0 saturated heterocycles. The van der Waals surface area contributed by atoms with Gasteiger partial charge in [0.25, 0.3) is 0 Å². The van der Waals surface area contributed by atoms with Crippen molar-refractivity contribution in [3.8, 4) is 0 Å². The van der Waals surface area contributed by atoms with Crippen LogP contribution in [0.25, 0.3) is 11.8 Å². The van der Waals surface area contributed by atoms with Gasteiger partial charge in [-0.15, -0.1) is 0 Å². The monoisotopic (exact) mass is 248 g/mol. The molecule has 2 bridgehead atoms. The van der Waals surface area contributed by atoms with Gasteiger partial charge in [0.1, 0.15) is 0 Å². The third-order valence-corrected chi connectivity index (χ3v) is 3.87. The van der Waals surface area contributed by atoms with Crippen molar-refractivity contribution in [1.82, 2.24) is 5.32 Å². The van der Waals surface area contributed by atoms with E-state index in [-0.39, 0.29) is 11.9 Å². The number of benzene rings is 2. The third kappa shape index (κ3) is 1.30. The van der Waals surface area contributed by atoms with Crippen LogP contribution in [0.3, 0.4) is 0 Å². The molecule has 1 unspecified atom stereocenters. The van der Waals surface area contributed by atoms with Crippen LogP contribution in [0, 0.1) is 0 Å². The predicted molar refractivity (Wildman–Crippen MR) is 74.3 cm³/mol. The van der Waals surface area contributed by atoms with E-state index in [0.717, 1.165) is 16.8 Å². The fourth-order valence-electron chi connectivity index (χ4n) is 3.02. The normalized spacial score (nSPS) is 18.1. The van der Waals surface area contributed by atoms with E-state index < -0.39 is 0 Å². The van der Waals surface area contributed by atoms with Crippen LogP contribution in [0.1, 0.15) is 38.7 Å². The second-order valence-corrected chi connectivity index (χ2v) is 4.90. The first kappa shape index (κ1) is 10.4. The Hall–Kier alpha value is -2.55. The van der Waals surface area contributed by atoms with Gasteiger partial charge in [-0.25, -0.2) is 0 Å². The maximum atomic E-state index is 11.6. The van der Waals surface area contributed by atoms with Gasteiger partial charge in [-0.1, -0.05) is 36.4 Å². The first-order valence-electron chi connectivity index (χ1n) is 6.26. The van der Waals surface area contributed by atoms with Crippen molar-refractivity contribution in [2.75, 3.05) is 0 Å². The Labute approximate surface area is 110 Å².